The smallest absolute Gasteiger partial charge is 0.230 e. The molecule has 5 rings (SSSR count). The minimum atomic E-state index is -0.269. The van der Waals surface area contributed by atoms with Crippen molar-refractivity contribution >= 4 is 16.3 Å². The van der Waals surface area contributed by atoms with Crippen LogP contribution in [0.2, 0.25) is 0 Å². The zero-order chi connectivity index (χ0) is 20.0. The van der Waals surface area contributed by atoms with Gasteiger partial charge in [-0.2, -0.15) is 9.50 Å². The van der Waals surface area contributed by atoms with E-state index in [0.29, 0.717) is 22.5 Å². The average molecular weight is 412 g/mol. The zero-order valence-corrected chi connectivity index (χ0v) is 16.8. The van der Waals surface area contributed by atoms with Gasteiger partial charge >= 0.3 is 0 Å². The van der Waals surface area contributed by atoms with Gasteiger partial charge in [-0.3, -0.25) is 4.90 Å². The number of nitrogens with zero attached hydrogens (tertiary/aromatic N) is 4. The molecule has 0 aliphatic carbocycles. The summed E-state index contributed by atoms with van der Waals surface area (Å²) in [4.78, 5) is 8.24. The van der Waals surface area contributed by atoms with Crippen LogP contribution in [0.1, 0.15) is 36.2 Å². The second-order valence-electron chi connectivity index (χ2n) is 7.57. The lowest BCUT2D eigenvalue weighted by Crippen LogP contribution is -2.36. The third-order valence-electron chi connectivity index (χ3n) is 5.56. The van der Waals surface area contributed by atoms with Gasteiger partial charge in [-0.1, -0.05) is 30.4 Å². The summed E-state index contributed by atoms with van der Waals surface area (Å²) < 4.78 is 20.4. The third kappa shape index (κ3) is 3.32. The molecule has 0 radical (unpaired) electrons. The van der Waals surface area contributed by atoms with Gasteiger partial charge in [0.05, 0.1) is 17.2 Å². The minimum Gasteiger partial charge on any atom is -0.492 e. The highest BCUT2D eigenvalue weighted by atomic mass is 32.1. The lowest BCUT2D eigenvalue weighted by molar-refractivity contribution is 0.157. The number of thiazole rings is 1. The van der Waals surface area contributed by atoms with Crippen LogP contribution in [-0.2, 0) is 0 Å². The average Bonchev–Trinajstić information content (AvgIpc) is 3.44. The van der Waals surface area contributed by atoms with Gasteiger partial charge in [0, 0.05) is 0 Å². The molecule has 4 heterocycles. The first-order valence-electron chi connectivity index (χ1n) is 9.72. The van der Waals surface area contributed by atoms with E-state index in [9.17, 15) is 9.50 Å². The first-order chi connectivity index (χ1) is 14.1. The van der Waals surface area contributed by atoms with E-state index in [0.717, 1.165) is 36.4 Å². The van der Waals surface area contributed by atoms with Gasteiger partial charge in [-0.05, 0) is 61.7 Å². The maximum Gasteiger partial charge on any atom is 0.230 e. The fraction of sp³-hybridized carbons (Fsp3) is 0.333. The number of hydrogen-bond donors (Lipinski definition) is 1. The van der Waals surface area contributed by atoms with E-state index >= 15 is 0 Å². The van der Waals surface area contributed by atoms with Crippen molar-refractivity contribution < 1.29 is 13.9 Å². The molecule has 0 amide bonds. The Bertz CT molecular complexity index is 1110. The standard InChI is InChI=1S/C21H21FN4O2S/c1-13-8-10-25(11-9-13)17(14-4-6-15(22)7-5-14)18-20(27)26-21(29-18)23-19(24-26)16-3-2-12-28-16/h2-7,12-13,17,27H,8-11H2,1H3/t17-/m1/s1. The minimum absolute atomic E-state index is 0.0725. The quantitative estimate of drug-likeness (QED) is 0.526. The lowest BCUT2D eigenvalue weighted by atomic mass is 9.95. The van der Waals surface area contributed by atoms with Crippen LogP contribution in [0, 0.1) is 11.7 Å². The normalized spacial score (nSPS) is 17.2. The van der Waals surface area contributed by atoms with E-state index in [1.807, 2.05) is 0 Å². The summed E-state index contributed by atoms with van der Waals surface area (Å²) in [6.45, 7) is 4.11. The van der Waals surface area contributed by atoms with E-state index in [4.69, 9.17) is 4.42 Å². The number of furan rings is 1. The molecule has 1 aliphatic rings. The summed E-state index contributed by atoms with van der Waals surface area (Å²) in [7, 11) is 0. The molecule has 0 bridgehead atoms. The van der Waals surface area contributed by atoms with Gasteiger partial charge in [-0.15, -0.1) is 5.10 Å². The van der Waals surface area contributed by atoms with E-state index < -0.39 is 0 Å². The molecule has 0 unspecified atom stereocenters. The Morgan fingerprint density at radius 2 is 1.97 bits per heavy atom. The number of hydrogen-bond acceptors (Lipinski definition) is 6. The van der Waals surface area contributed by atoms with Crippen LogP contribution < -0.4 is 0 Å². The van der Waals surface area contributed by atoms with Crippen molar-refractivity contribution in [2.45, 2.75) is 25.8 Å². The molecule has 0 spiro atoms. The van der Waals surface area contributed by atoms with Crippen molar-refractivity contribution in [3.63, 3.8) is 0 Å². The number of benzene rings is 1. The van der Waals surface area contributed by atoms with Crippen LogP contribution in [0.5, 0.6) is 5.88 Å². The summed E-state index contributed by atoms with van der Waals surface area (Å²) in [6, 6.07) is 9.92. The first-order valence-corrected chi connectivity index (χ1v) is 10.5. The number of likely N-dealkylation sites (tertiary alicyclic amines) is 1. The first kappa shape index (κ1) is 18.3. The van der Waals surface area contributed by atoms with E-state index in [1.165, 1.54) is 28.0 Å². The van der Waals surface area contributed by atoms with Crippen LogP contribution >= 0.6 is 11.3 Å². The Balaban J connectivity index is 1.57. The highest BCUT2D eigenvalue weighted by Gasteiger charge is 2.31. The van der Waals surface area contributed by atoms with Crippen molar-refractivity contribution in [1.82, 2.24) is 19.5 Å². The molecular formula is C21H21FN4O2S. The topological polar surface area (TPSA) is 66.8 Å². The molecule has 0 saturated carbocycles. The van der Waals surface area contributed by atoms with E-state index in [2.05, 4.69) is 21.9 Å². The molecule has 1 N–H and O–H groups in total. The van der Waals surface area contributed by atoms with Crippen LogP contribution in [0.15, 0.2) is 47.1 Å². The number of aromatic hydroxyl groups is 1. The summed E-state index contributed by atoms with van der Waals surface area (Å²) in [6.07, 6.45) is 3.77. The van der Waals surface area contributed by atoms with E-state index in [1.54, 1.807) is 30.5 Å². The Morgan fingerprint density at radius 3 is 2.62 bits per heavy atom. The molecule has 4 aromatic rings. The molecule has 1 aliphatic heterocycles. The second kappa shape index (κ2) is 7.27. The van der Waals surface area contributed by atoms with Crippen LogP contribution in [0.4, 0.5) is 4.39 Å². The van der Waals surface area contributed by atoms with Crippen LogP contribution in [0.3, 0.4) is 0 Å². The van der Waals surface area contributed by atoms with Gasteiger partial charge in [-0.25, -0.2) is 4.39 Å². The molecule has 8 heteroatoms. The van der Waals surface area contributed by atoms with Crippen molar-refractivity contribution in [2.24, 2.45) is 5.92 Å². The Labute approximate surface area is 171 Å². The summed E-state index contributed by atoms with van der Waals surface area (Å²) in [5.74, 6) is 1.49. The predicted molar refractivity (Wildman–Crippen MR) is 108 cm³/mol. The highest BCUT2D eigenvalue weighted by molar-refractivity contribution is 7.17. The van der Waals surface area contributed by atoms with Crippen molar-refractivity contribution in [2.75, 3.05) is 13.1 Å². The molecule has 1 fully saturated rings. The fourth-order valence-corrected chi connectivity index (χ4v) is 5.02. The van der Waals surface area contributed by atoms with Crippen molar-refractivity contribution in [3.05, 3.63) is 58.9 Å². The monoisotopic (exact) mass is 412 g/mol. The van der Waals surface area contributed by atoms with Gasteiger partial charge in [0.1, 0.15) is 5.82 Å². The molecule has 1 saturated heterocycles. The van der Waals surface area contributed by atoms with E-state index in [-0.39, 0.29) is 17.7 Å². The van der Waals surface area contributed by atoms with Crippen molar-refractivity contribution in [3.8, 4) is 17.5 Å². The maximum absolute atomic E-state index is 13.5. The largest absolute Gasteiger partial charge is 0.492 e. The number of halogens is 1. The number of rotatable bonds is 4. The molecule has 150 valence electrons. The van der Waals surface area contributed by atoms with Gasteiger partial charge in [0.25, 0.3) is 0 Å². The highest BCUT2D eigenvalue weighted by Crippen LogP contribution is 2.41. The maximum atomic E-state index is 13.5. The number of aromatic nitrogens is 3. The number of fused-ring (bicyclic) bond motifs is 1. The molecule has 1 atom stereocenters. The lowest BCUT2D eigenvalue weighted by Gasteiger charge is -2.36. The van der Waals surface area contributed by atoms with Gasteiger partial charge in [0.2, 0.25) is 16.7 Å². The summed E-state index contributed by atoms with van der Waals surface area (Å²) in [5, 5.41) is 15.4. The zero-order valence-electron chi connectivity index (χ0n) is 16.0. The van der Waals surface area contributed by atoms with Crippen LogP contribution in [0.25, 0.3) is 16.5 Å². The molecular weight excluding hydrogens is 391 g/mol. The Kier molecular flexibility index (Phi) is 4.60. The van der Waals surface area contributed by atoms with Gasteiger partial charge < -0.3 is 9.52 Å². The predicted octanol–water partition coefficient (Wildman–Crippen LogP) is 4.72. The summed E-state index contributed by atoms with van der Waals surface area (Å²) >= 11 is 1.41. The van der Waals surface area contributed by atoms with Gasteiger partial charge in [0.15, 0.2) is 5.76 Å². The third-order valence-corrected chi connectivity index (χ3v) is 6.63. The molecule has 29 heavy (non-hydrogen) atoms. The summed E-state index contributed by atoms with van der Waals surface area (Å²) in [5.41, 5.74) is 0.951. The molecule has 3 aromatic heterocycles. The molecule has 6 nitrogen and oxygen atoms in total. The van der Waals surface area contributed by atoms with Crippen molar-refractivity contribution in [1.29, 1.82) is 0 Å². The number of piperidine rings is 1. The Morgan fingerprint density at radius 1 is 1.21 bits per heavy atom. The Hall–Kier alpha value is -2.71. The second-order valence-corrected chi connectivity index (χ2v) is 8.58. The SMILES string of the molecule is CC1CCN([C@H](c2ccc(F)cc2)c2sc3nc(-c4ccco4)nn3c2O)CC1. The van der Waals surface area contributed by atoms with Crippen LogP contribution in [-0.4, -0.2) is 37.7 Å². The fourth-order valence-electron chi connectivity index (χ4n) is 3.90. The molecule has 1 aromatic carbocycles.